The van der Waals surface area contributed by atoms with Crippen LogP contribution in [0.2, 0.25) is 0 Å². The smallest absolute Gasteiger partial charge is 0.00172 e. The van der Waals surface area contributed by atoms with Gasteiger partial charge in [0.25, 0.3) is 0 Å². The fourth-order valence-electron chi connectivity index (χ4n) is 1.47. The van der Waals surface area contributed by atoms with Crippen LogP contribution in [0.25, 0.3) is 6.08 Å². The van der Waals surface area contributed by atoms with Crippen molar-refractivity contribution >= 4 is 6.08 Å². The molecule has 0 aromatic heterocycles. The maximum atomic E-state index is 5.52. The number of nitrogens with one attached hydrogen (secondary N) is 1. The minimum atomic E-state index is 0.715. The van der Waals surface area contributed by atoms with Crippen LogP contribution in [-0.4, -0.2) is 20.1 Å². The van der Waals surface area contributed by atoms with Gasteiger partial charge in [-0.1, -0.05) is 36.4 Å². The fraction of sp³-hybridized carbons (Fsp3) is 0.385. The topological polar surface area (TPSA) is 38.0 Å². The van der Waals surface area contributed by atoms with Crippen molar-refractivity contribution in [3.8, 4) is 0 Å². The van der Waals surface area contributed by atoms with Crippen molar-refractivity contribution in [2.45, 2.75) is 12.8 Å². The highest BCUT2D eigenvalue weighted by Gasteiger charge is 1.91. The molecule has 1 aromatic rings. The lowest BCUT2D eigenvalue weighted by atomic mass is 10.1. The Morgan fingerprint density at radius 3 is 3.00 bits per heavy atom. The fourth-order valence-corrected chi connectivity index (χ4v) is 1.47. The molecule has 1 rings (SSSR count). The summed E-state index contributed by atoms with van der Waals surface area (Å²) < 4.78 is 0. The van der Waals surface area contributed by atoms with Gasteiger partial charge in [0.1, 0.15) is 0 Å². The van der Waals surface area contributed by atoms with Gasteiger partial charge in [-0.2, -0.15) is 0 Å². The van der Waals surface area contributed by atoms with Crippen molar-refractivity contribution in [1.29, 1.82) is 0 Å². The van der Waals surface area contributed by atoms with Crippen LogP contribution in [0.15, 0.2) is 30.3 Å². The summed E-state index contributed by atoms with van der Waals surface area (Å²) in [4.78, 5) is 0. The molecule has 2 nitrogen and oxygen atoms in total. The van der Waals surface area contributed by atoms with Gasteiger partial charge in [0.2, 0.25) is 0 Å². The van der Waals surface area contributed by atoms with Crippen LogP contribution in [0, 0.1) is 0 Å². The van der Waals surface area contributed by atoms with Crippen LogP contribution >= 0.6 is 0 Å². The first-order valence-electron chi connectivity index (χ1n) is 5.47. The van der Waals surface area contributed by atoms with E-state index < -0.39 is 0 Å². The first-order chi connectivity index (χ1) is 7.36. The van der Waals surface area contributed by atoms with Gasteiger partial charge < -0.3 is 11.1 Å². The van der Waals surface area contributed by atoms with Crippen molar-refractivity contribution < 1.29 is 0 Å². The van der Waals surface area contributed by atoms with Crippen molar-refractivity contribution in [2.75, 3.05) is 20.1 Å². The maximum absolute atomic E-state index is 5.52. The summed E-state index contributed by atoms with van der Waals surface area (Å²) in [5.74, 6) is 0. The molecule has 82 valence electrons. The second-order valence-electron chi connectivity index (χ2n) is 3.58. The Morgan fingerprint density at radius 1 is 1.40 bits per heavy atom. The minimum Gasteiger partial charge on any atom is -0.330 e. The van der Waals surface area contributed by atoms with Crippen LogP contribution in [-0.2, 0) is 6.42 Å². The highest BCUT2D eigenvalue weighted by molar-refractivity contribution is 5.50. The van der Waals surface area contributed by atoms with Crippen LogP contribution in [0.4, 0.5) is 0 Å². The molecule has 0 aliphatic carbocycles. The van der Waals surface area contributed by atoms with Crippen molar-refractivity contribution in [3.63, 3.8) is 0 Å². The van der Waals surface area contributed by atoms with Crippen molar-refractivity contribution in [1.82, 2.24) is 5.32 Å². The van der Waals surface area contributed by atoms with Crippen molar-refractivity contribution in [3.05, 3.63) is 41.5 Å². The Bertz CT molecular complexity index is 305. The lowest BCUT2D eigenvalue weighted by molar-refractivity contribution is 0.809. The molecule has 15 heavy (non-hydrogen) atoms. The quantitative estimate of drug-likeness (QED) is 0.694. The number of hydrogen-bond acceptors (Lipinski definition) is 2. The third kappa shape index (κ3) is 4.77. The lowest BCUT2D eigenvalue weighted by Crippen LogP contribution is -2.05. The van der Waals surface area contributed by atoms with Gasteiger partial charge in [0, 0.05) is 0 Å². The van der Waals surface area contributed by atoms with Gasteiger partial charge >= 0.3 is 0 Å². The number of benzene rings is 1. The van der Waals surface area contributed by atoms with E-state index in [1.807, 2.05) is 7.05 Å². The van der Waals surface area contributed by atoms with E-state index in [0.29, 0.717) is 6.54 Å². The van der Waals surface area contributed by atoms with E-state index in [9.17, 15) is 0 Å². The maximum Gasteiger partial charge on any atom is -0.00172 e. The molecule has 0 bridgehead atoms. The lowest BCUT2D eigenvalue weighted by Gasteiger charge is -2.00. The Morgan fingerprint density at radius 2 is 2.27 bits per heavy atom. The van der Waals surface area contributed by atoms with E-state index >= 15 is 0 Å². The average molecular weight is 204 g/mol. The number of rotatable bonds is 6. The molecule has 0 heterocycles. The monoisotopic (exact) mass is 204 g/mol. The van der Waals surface area contributed by atoms with Gasteiger partial charge in [0.05, 0.1) is 0 Å². The molecule has 0 spiro atoms. The first kappa shape index (κ1) is 12.0. The predicted octanol–water partition coefficient (Wildman–Crippen LogP) is 1.81. The molecule has 0 aliphatic rings. The molecular formula is C13H20N2. The summed E-state index contributed by atoms with van der Waals surface area (Å²) in [5.41, 5.74) is 8.10. The minimum absolute atomic E-state index is 0.715. The normalized spacial score (nSPS) is 11.1. The first-order valence-corrected chi connectivity index (χ1v) is 5.47. The van der Waals surface area contributed by atoms with E-state index in [1.165, 1.54) is 11.1 Å². The third-order valence-corrected chi connectivity index (χ3v) is 2.26. The Balaban J connectivity index is 2.53. The molecule has 3 N–H and O–H groups in total. The average Bonchev–Trinajstić information content (AvgIpc) is 2.26. The molecule has 2 heteroatoms. The second-order valence-corrected chi connectivity index (χ2v) is 3.58. The zero-order valence-electron chi connectivity index (χ0n) is 9.37. The van der Waals surface area contributed by atoms with Gasteiger partial charge in [-0.3, -0.25) is 0 Å². The SMILES string of the molecule is CNCCC=Cc1cccc(CCN)c1. The van der Waals surface area contributed by atoms with Crippen LogP contribution in [0.3, 0.4) is 0 Å². The summed E-state index contributed by atoms with van der Waals surface area (Å²) in [7, 11) is 1.97. The van der Waals surface area contributed by atoms with E-state index in [0.717, 1.165) is 19.4 Å². The zero-order chi connectivity index (χ0) is 10.9. The molecule has 0 saturated heterocycles. The Kier molecular flexibility index (Phi) is 5.74. The number of hydrogen-bond donors (Lipinski definition) is 2. The number of nitrogens with two attached hydrogens (primary N) is 1. The van der Waals surface area contributed by atoms with Gasteiger partial charge in [0.15, 0.2) is 0 Å². The molecule has 0 radical (unpaired) electrons. The van der Waals surface area contributed by atoms with Gasteiger partial charge in [-0.25, -0.2) is 0 Å². The van der Waals surface area contributed by atoms with E-state index in [2.05, 4.69) is 41.7 Å². The largest absolute Gasteiger partial charge is 0.330 e. The van der Waals surface area contributed by atoms with Crippen LogP contribution in [0.1, 0.15) is 17.5 Å². The second kappa shape index (κ2) is 7.21. The molecule has 0 saturated carbocycles. The predicted molar refractivity (Wildman–Crippen MR) is 66.8 cm³/mol. The highest BCUT2D eigenvalue weighted by atomic mass is 14.8. The molecule has 0 atom stereocenters. The standard InChI is InChI=1S/C13H20N2/c1-15-10-3-2-5-12-6-4-7-13(11-12)8-9-14/h2,4-7,11,15H,3,8-10,14H2,1H3. The Labute approximate surface area is 92.2 Å². The summed E-state index contributed by atoms with van der Waals surface area (Å²) in [6, 6.07) is 8.53. The molecule has 0 aliphatic heterocycles. The summed E-state index contributed by atoms with van der Waals surface area (Å²) in [5, 5.41) is 3.12. The van der Waals surface area contributed by atoms with Crippen LogP contribution in [0.5, 0.6) is 0 Å². The van der Waals surface area contributed by atoms with E-state index in [-0.39, 0.29) is 0 Å². The van der Waals surface area contributed by atoms with Crippen molar-refractivity contribution in [2.24, 2.45) is 5.73 Å². The summed E-state index contributed by atoms with van der Waals surface area (Å²) in [6.07, 6.45) is 6.38. The van der Waals surface area contributed by atoms with E-state index in [4.69, 9.17) is 5.73 Å². The molecule has 0 amide bonds. The molecule has 0 fully saturated rings. The summed E-state index contributed by atoms with van der Waals surface area (Å²) >= 11 is 0. The van der Waals surface area contributed by atoms with Gasteiger partial charge in [-0.05, 0) is 44.1 Å². The van der Waals surface area contributed by atoms with E-state index in [1.54, 1.807) is 0 Å². The molecule has 1 aromatic carbocycles. The third-order valence-electron chi connectivity index (χ3n) is 2.26. The van der Waals surface area contributed by atoms with Crippen LogP contribution < -0.4 is 11.1 Å². The molecule has 0 unspecified atom stereocenters. The zero-order valence-corrected chi connectivity index (χ0v) is 9.37. The molecular weight excluding hydrogens is 184 g/mol. The highest BCUT2D eigenvalue weighted by Crippen LogP contribution is 2.07. The van der Waals surface area contributed by atoms with Gasteiger partial charge in [-0.15, -0.1) is 0 Å². The summed E-state index contributed by atoms with van der Waals surface area (Å²) in [6.45, 7) is 1.74. The Hall–Kier alpha value is -1.12.